The van der Waals surface area contributed by atoms with Crippen molar-refractivity contribution in [3.8, 4) is 11.5 Å². The number of nitrogens with zero attached hydrogens (tertiary/aromatic N) is 4. The summed E-state index contributed by atoms with van der Waals surface area (Å²) in [4.78, 5) is 14.1. The summed E-state index contributed by atoms with van der Waals surface area (Å²) in [6.07, 6.45) is 7.75. The highest BCUT2D eigenvalue weighted by molar-refractivity contribution is 5.84. The molecule has 1 aromatic carbocycles. The van der Waals surface area contributed by atoms with Gasteiger partial charge in [-0.1, -0.05) is 19.3 Å². The zero-order chi connectivity index (χ0) is 23.6. The zero-order valence-electron chi connectivity index (χ0n) is 19.8. The first kappa shape index (κ1) is 23.1. The first-order valence-corrected chi connectivity index (χ1v) is 11.6. The molecule has 0 bridgehead atoms. The second-order valence-electron chi connectivity index (χ2n) is 9.38. The molecule has 0 aliphatic heterocycles. The largest absolute Gasteiger partial charge is 0.508 e. The number of fused-ring (bicyclic) bond motifs is 1. The Bertz CT molecular complexity index is 1100. The highest BCUT2D eigenvalue weighted by Crippen LogP contribution is 2.32. The van der Waals surface area contributed by atoms with Gasteiger partial charge in [-0.15, -0.1) is 0 Å². The van der Waals surface area contributed by atoms with Crippen LogP contribution < -0.4 is 15.4 Å². The van der Waals surface area contributed by atoms with Gasteiger partial charge in [-0.3, -0.25) is 0 Å². The van der Waals surface area contributed by atoms with Gasteiger partial charge in [0.05, 0.1) is 25.1 Å². The summed E-state index contributed by atoms with van der Waals surface area (Å²) >= 11 is 0. The predicted octanol–water partition coefficient (Wildman–Crippen LogP) is 4.23. The van der Waals surface area contributed by atoms with Crippen LogP contribution in [-0.2, 0) is 6.54 Å². The summed E-state index contributed by atoms with van der Waals surface area (Å²) in [5, 5.41) is 27.2. The summed E-state index contributed by atoms with van der Waals surface area (Å²) < 4.78 is 7.44. The number of anilines is 2. The third-order valence-electron chi connectivity index (χ3n) is 6.53. The molecule has 0 radical (unpaired) electrons. The average molecular weight is 455 g/mol. The van der Waals surface area contributed by atoms with E-state index in [1.807, 2.05) is 13.3 Å². The molecule has 1 saturated carbocycles. The van der Waals surface area contributed by atoms with Crippen LogP contribution in [0.25, 0.3) is 11.2 Å². The van der Waals surface area contributed by atoms with Crippen LogP contribution in [0.4, 0.5) is 11.8 Å². The fraction of sp³-hybridized carbons (Fsp3) is 0.542. The van der Waals surface area contributed by atoms with Crippen molar-refractivity contribution in [3.63, 3.8) is 0 Å². The molecule has 4 rings (SSSR count). The molecule has 3 aromatic rings. The van der Waals surface area contributed by atoms with Crippen molar-refractivity contribution < 1.29 is 14.9 Å². The molecule has 9 nitrogen and oxygen atoms in total. The molecule has 0 spiro atoms. The van der Waals surface area contributed by atoms with Gasteiger partial charge in [0.1, 0.15) is 11.5 Å². The third kappa shape index (κ3) is 5.13. The molecule has 1 atom stereocenters. The standard InChI is InChI=1S/C24H34N6O3/c1-15(24(2,3)32)27-23-28-21(25-13-16-12-18(33-4)10-11-19(16)31)20-22(29-23)30(14-26-20)17-8-6-5-7-9-17/h10-12,14-15,17,31-32H,5-9,13H2,1-4H3,(H2,25,27,28,29). The zero-order valence-corrected chi connectivity index (χ0v) is 19.8. The highest BCUT2D eigenvalue weighted by Gasteiger charge is 2.25. The lowest BCUT2D eigenvalue weighted by atomic mass is 9.95. The monoisotopic (exact) mass is 454 g/mol. The van der Waals surface area contributed by atoms with Crippen molar-refractivity contribution in [2.24, 2.45) is 0 Å². The quantitative estimate of drug-likeness (QED) is 0.399. The van der Waals surface area contributed by atoms with Crippen molar-refractivity contribution >= 4 is 22.9 Å². The third-order valence-corrected chi connectivity index (χ3v) is 6.53. The number of rotatable bonds is 8. The molecule has 178 valence electrons. The summed E-state index contributed by atoms with van der Waals surface area (Å²) in [5.41, 5.74) is 1.19. The van der Waals surface area contributed by atoms with Gasteiger partial charge < -0.3 is 30.2 Å². The number of phenols is 1. The summed E-state index contributed by atoms with van der Waals surface area (Å²) in [7, 11) is 1.59. The van der Waals surface area contributed by atoms with E-state index in [2.05, 4.69) is 25.2 Å². The number of ether oxygens (including phenoxy) is 1. The Kier molecular flexibility index (Phi) is 6.60. The number of benzene rings is 1. The summed E-state index contributed by atoms with van der Waals surface area (Å²) in [6, 6.07) is 5.22. The maximum atomic E-state index is 10.4. The second kappa shape index (κ2) is 9.43. The Hall–Kier alpha value is -3.07. The molecular weight excluding hydrogens is 420 g/mol. The molecule has 9 heteroatoms. The number of aromatic hydroxyl groups is 1. The lowest BCUT2D eigenvalue weighted by Crippen LogP contribution is -2.39. The minimum absolute atomic E-state index is 0.176. The molecule has 1 aliphatic carbocycles. The van der Waals surface area contributed by atoms with Gasteiger partial charge >= 0.3 is 0 Å². The molecule has 1 fully saturated rings. The van der Waals surface area contributed by atoms with Crippen LogP contribution in [0, 0.1) is 0 Å². The van der Waals surface area contributed by atoms with Crippen LogP contribution in [-0.4, -0.2) is 48.5 Å². The summed E-state index contributed by atoms with van der Waals surface area (Å²) in [5.74, 6) is 1.84. The molecule has 1 unspecified atom stereocenters. The van der Waals surface area contributed by atoms with Crippen LogP contribution in [0.1, 0.15) is 64.5 Å². The normalized spacial score (nSPS) is 16.0. The SMILES string of the molecule is COc1ccc(O)c(CNc2nc(NC(C)C(C)(C)O)nc3c2ncn3C2CCCCC2)c1. The van der Waals surface area contributed by atoms with E-state index in [0.717, 1.165) is 18.5 Å². The fourth-order valence-corrected chi connectivity index (χ4v) is 4.11. The molecule has 0 amide bonds. The van der Waals surface area contributed by atoms with Crippen molar-refractivity contribution in [1.29, 1.82) is 0 Å². The number of aliphatic hydroxyl groups is 1. The van der Waals surface area contributed by atoms with Crippen molar-refractivity contribution in [2.45, 2.75) is 77.1 Å². The van der Waals surface area contributed by atoms with Crippen LogP contribution in [0.3, 0.4) is 0 Å². The minimum Gasteiger partial charge on any atom is -0.508 e. The van der Waals surface area contributed by atoms with Gasteiger partial charge in [0.15, 0.2) is 17.0 Å². The highest BCUT2D eigenvalue weighted by atomic mass is 16.5. The van der Waals surface area contributed by atoms with E-state index in [4.69, 9.17) is 9.72 Å². The number of hydrogen-bond donors (Lipinski definition) is 4. The first-order valence-electron chi connectivity index (χ1n) is 11.6. The number of methoxy groups -OCH3 is 1. The number of phenolic OH excluding ortho intramolecular Hbond substituents is 1. The summed E-state index contributed by atoms with van der Waals surface area (Å²) in [6.45, 7) is 5.74. The van der Waals surface area contributed by atoms with E-state index in [0.29, 0.717) is 41.2 Å². The van der Waals surface area contributed by atoms with Gasteiger partial charge in [0.2, 0.25) is 5.95 Å². The molecule has 0 saturated heterocycles. The van der Waals surface area contributed by atoms with Crippen molar-refractivity contribution in [1.82, 2.24) is 19.5 Å². The smallest absolute Gasteiger partial charge is 0.227 e. The fourth-order valence-electron chi connectivity index (χ4n) is 4.11. The molecular formula is C24H34N6O3. The van der Waals surface area contributed by atoms with Crippen molar-refractivity contribution in [2.75, 3.05) is 17.7 Å². The minimum atomic E-state index is -0.943. The van der Waals surface area contributed by atoms with Crippen LogP contribution in [0.15, 0.2) is 24.5 Å². The first-order chi connectivity index (χ1) is 15.8. The Balaban J connectivity index is 1.69. The maximum Gasteiger partial charge on any atom is 0.227 e. The van der Waals surface area contributed by atoms with Gasteiger partial charge in [-0.25, -0.2) is 4.98 Å². The van der Waals surface area contributed by atoms with E-state index in [9.17, 15) is 10.2 Å². The topological polar surface area (TPSA) is 117 Å². The Morgan fingerprint density at radius 2 is 1.97 bits per heavy atom. The molecule has 2 aromatic heterocycles. The van der Waals surface area contributed by atoms with E-state index in [1.165, 1.54) is 19.3 Å². The molecule has 33 heavy (non-hydrogen) atoms. The van der Waals surface area contributed by atoms with E-state index in [-0.39, 0.29) is 11.8 Å². The van der Waals surface area contributed by atoms with Crippen LogP contribution in [0.2, 0.25) is 0 Å². The number of imidazole rings is 1. The Morgan fingerprint density at radius 3 is 2.67 bits per heavy atom. The van der Waals surface area contributed by atoms with Gasteiger partial charge in [0.25, 0.3) is 0 Å². The van der Waals surface area contributed by atoms with E-state index < -0.39 is 5.60 Å². The van der Waals surface area contributed by atoms with Crippen LogP contribution >= 0.6 is 0 Å². The van der Waals surface area contributed by atoms with E-state index >= 15 is 0 Å². The van der Waals surface area contributed by atoms with Gasteiger partial charge in [0, 0.05) is 18.2 Å². The Morgan fingerprint density at radius 1 is 1.21 bits per heavy atom. The lowest BCUT2D eigenvalue weighted by Gasteiger charge is -2.27. The number of hydrogen-bond acceptors (Lipinski definition) is 8. The average Bonchev–Trinajstić information content (AvgIpc) is 3.22. The molecule has 1 aliphatic rings. The van der Waals surface area contributed by atoms with E-state index in [1.54, 1.807) is 39.2 Å². The van der Waals surface area contributed by atoms with Crippen molar-refractivity contribution in [3.05, 3.63) is 30.1 Å². The lowest BCUT2D eigenvalue weighted by molar-refractivity contribution is 0.0646. The van der Waals surface area contributed by atoms with Gasteiger partial charge in [-0.05, 0) is 51.8 Å². The molecule has 4 N–H and O–H groups in total. The predicted molar refractivity (Wildman–Crippen MR) is 129 cm³/mol. The maximum absolute atomic E-state index is 10.4. The molecule has 2 heterocycles. The van der Waals surface area contributed by atoms with Crippen LogP contribution in [0.5, 0.6) is 11.5 Å². The second-order valence-corrected chi connectivity index (χ2v) is 9.38. The Labute approximate surface area is 194 Å². The number of nitrogens with one attached hydrogen (secondary N) is 2. The van der Waals surface area contributed by atoms with Gasteiger partial charge in [-0.2, -0.15) is 9.97 Å². The number of aromatic nitrogens is 4.